The molecule has 0 N–H and O–H groups in total. The first-order chi connectivity index (χ1) is 7.81. The first kappa shape index (κ1) is 11.7. The molecule has 0 saturated heterocycles. The van der Waals surface area contributed by atoms with Gasteiger partial charge in [-0.05, 0) is 12.7 Å². The predicted molar refractivity (Wildman–Crippen MR) is 74.1 cm³/mol. The van der Waals surface area contributed by atoms with Crippen LogP contribution in [0.25, 0.3) is 10.6 Å². The molecular weight excluding hydrogens is 234 g/mol. The van der Waals surface area contributed by atoms with E-state index in [1.807, 2.05) is 29.2 Å². The van der Waals surface area contributed by atoms with Gasteiger partial charge in [-0.25, -0.2) is 4.98 Å². The van der Waals surface area contributed by atoms with E-state index >= 15 is 0 Å². The smallest absolute Gasteiger partial charge is 0.123 e. The van der Waals surface area contributed by atoms with Crippen molar-refractivity contribution in [1.82, 2.24) is 4.98 Å². The zero-order chi connectivity index (χ0) is 11.4. The second kappa shape index (κ2) is 5.51. The van der Waals surface area contributed by atoms with Crippen molar-refractivity contribution >= 4 is 23.1 Å². The molecule has 0 unspecified atom stereocenters. The van der Waals surface area contributed by atoms with Crippen LogP contribution in [0.15, 0.2) is 30.3 Å². The molecule has 1 heterocycles. The standard InChI is InChI=1S/C13H15NS2/c1-3-15-9-12-10(2)14-13(16-12)11-7-5-4-6-8-11/h4-8H,3,9H2,1-2H3. The van der Waals surface area contributed by atoms with Gasteiger partial charge in [0.15, 0.2) is 0 Å². The van der Waals surface area contributed by atoms with Gasteiger partial charge in [0.25, 0.3) is 0 Å². The molecule has 84 valence electrons. The van der Waals surface area contributed by atoms with E-state index in [-0.39, 0.29) is 0 Å². The molecule has 2 aromatic rings. The molecule has 1 aromatic heterocycles. The Kier molecular flexibility index (Phi) is 4.02. The summed E-state index contributed by atoms with van der Waals surface area (Å²) in [6.45, 7) is 4.30. The molecule has 2 rings (SSSR count). The summed E-state index contributed by atoms with van der Waals surface area (Å²) in [5.41, 5.74) is 2.41. The van der Waals surface area contributed by atoms with E-state index in [1.54, 1.807) is 0 Å². The highest BCUT2D eigenvalue weighted by atomic mass is 32.2. The predicted octanol–water partition coefficient (Wildman–Crippen LogP) is 4.37. The molecule has 0 atom stereocenters. The number of nitrogens with zero attached hydrogens (tertiary/aromatic N) is 1. The summed E-state index contributed by atoms with van der Waals surface area (Å²) >= 11 is 3.77. The number of hydrogen-bond acceptors (Lipinski definition) is 3. The highest BCUT2D eigenvalue weighted by molar-refractivity contribution is 7.98. The van der Waals surface area contributed by atoms with Gasteiger partial charge in [0.1, 0.15) is 5.01 Å². The van der Waals surface area contributed by atoms with Crippen LogP contribution in [0.2, 0.25) is 0 Å². The molecule has 0 saturated carbocycles. The fraction of sp³-hybridized carbons (Fsp3) is 0.308. The molecule has 0 aliphatic heterocycles. The first-order valence-corrected chi connectivity index (χ1v) is 7.38. The summed E-state index contributed by atoms with van der Waals surface area (Å²) in [7, 11) is 0. The van der Waals surface area contributed by atoms with E-state index in [2.05, 4.69) is 43.1 Å². The summed E-state index contributed by atoms with van der Waals surface area (Å²) in [6, 6.07) is 10.4. The summed E-state index contributed by atoms with van der Waals surface area (Å²) in [4.78, 5) is 6.05. The van der Waals surface area contributed by atoms with Gasteiger partial charge < -0.3 is 0 Å². The molecule has 0 amide bonds. The SMILES string of the molecule is CCSCc1sc(-c2ccccc2)nc1C. The number of rotatable bonds is 4. The molecule has 0 aliphatic rings. The maximum Gasteiger partial charge on any atom is 0.123 e. The molecule has 1 nitrogen and oxygen atoms in total. The Bertz CT molecular complexity index is 448. The molecule has 16 heavy (non-hydrogen) atoms. The third-order valence-electron chi connectivity index (χ3n) is 2.35. The minimum absolute atomic E-state index is 1.09. The number of aryl methyl sites for hydroxylation is 1. The van der Waals surface area contributed by atoms with Crippen LogP contribution in [0.5, 0.6) is 0 Å². The van der Waals surface area contributed by atoms with Crippen LogP contribution < -0.4 is 0 Å². The van der Waals surface area contributed by atoms with Crippen LogP contribution in [0.1, 0.15) is 17.5 Å². The van der Waals surface area contributed by atoms with Crippen molar-refractivity contribution in [3.8, 4) is 10.6 Å². The van der Waals surface area contributed by atoms with Crippen LogP contribution in [-0.4, -0.2) is 10.7 Å². The van der Waals surface area contributed by atoms with Crippen molar-refractivity contribution in [2.24, 2.45) is 0 Å². The lowest BCUT2D eigenvalue weighted by Crippen LogP contribution is -1.80. The molecule has 3 heteroatoms. The lowest BCUT2D eigenvalue weighted by atomic mass is 10.2. The third kappa shape index (κ3) is 2.66. The minimum atomic E-state index is 1.09. The highest BCUT2D eigenvalue weighted by Crippen LogP contribution is 2.29. The zero-order valence-electron chi connectivity index (χ0n) is 9.56. The van der Waals surface area contributed by atoms with Crippen molar-refractivity contribution in [2.45, 2.75) is 19.6 Å². The van der Waals surface area contributed by atoms with E-state index in [1.165, 1.54) is 16.1 Å². The van der Waals surface area contributed by atoms with E-state index in [9.17, 15) is 0 Å². The number of thioether (sulfide) groups is 1. The van der Waals surface area contributed by atoms with Gasteiger partial charge in [-0.15, -0.1) is 11.3 Å². The van der Waals surface area contributed by atoms with Crippen molar-refractivity contribution in [3.05, 3.63) is 40.9 Å². The van der Waals surface area contributed by atoms with Crippen LogP contribution in [0.3, 0.4) is 0 Å². The maximum absolute atomic E-state index is 4.64. The third-order valence-corrected chi connectivity index (χ3v) is 4.64. The summed E-state index contributed by atoms with van der Waals surface area (Å²) in [5.74, 6) is 2.25. The van der Waals surface area contributed by atoms with Gasteiger partial charge in [-0.2, -0.15) is 11.8 Å². The molecule has 0 bridgehead atoms. The quantitative estimate of drug-likeness (QED) is 0.798. The van der Waals surface area contributed by atoms with Gasteiger partial charge in [-0.3, -0.25) is 0 Å². The number of benzene rings is 1. The Morgan fingerprint density at radius 3 is 2.69 bits per heavy atom. The van der Waals surface area contributed by atoms with E-state index in [4.69, 9.17) is 0 Å². The number of hydrogen-bond donors (Lipinski definition) is 0. The lowest BCUT2D eigenvalue weighted by Gasteiger charge is -1.94. The van der Waals surface area contributed by atoms with E-state index < -0.39 is 0 Å². The Morgan fingerprint density at radius 2 is 2.00 bits per heavy atom. The second-order valence-electron chi connectivity index (χ2n) is 3.53. The molecule has 0 aliphatic carbocycles. The normalized spacial score (nSPS) is 10.6. The molecule has 0 radical (unpaired) electrons. The highest BCUT2D eigenvalue weighted by Gasteiger charge is 2.08. The average Bonchev–Trinajstić information content (AvgIpc) is 2.69. The van der Waals surface area contributed by atoms with Crippen LogP contribution in [-0.2, 0) is 5.75 Å². The summed E-state index contributed by atoms with van der Waals surface area (Å²) < 4.78 is 0. The van der Waals surface area contributed by atoms with Gasteiger partial charge >= 0.3 is 0 Å². The van der Waals surface area contributed by atoms with Crippen LogP contribution in [0, 0.1) is 6.92 Å². The van der Waals surface area contributed by atoms with Gasteiger partial charge in [0, 0.05) is 16.2 Å². The first-order valence-electron chi connectivity index (χ1n) is 5.40. The van der Waals surface area contributed by atoms with Crippen molar-refractivity contribution < 1.29 is 0 Å². The Balaban J connectivity index is 2.24. The van der Waals surface area contributed by atoms with E-state index in [0.29, 0.717) is 0 Å². The number of aromatic nitrogens is 1. The average molecular weight is 249 g/mol. The van der Waals surface area contributed by atoms with Crippen LogP contribution >= 0.6 is 23.1 Å². The van der Waals surface area contributed by atoms with Crippen molar-refractivity contribution in [3.63, 3.8) is 0 Å². The van der Waals surface area contributed by atoms with Gasteiger partial charge in [0.2, 0.25) is 0 Å². The molecule has 0 spiro atoms. The monoisotopic (exact) mass is 249 g/mol. The van der Waals surface area contributed by atoms with E-state index in [0.717, 1.165) is 16.5 Å². The zero-order valence-corrected chi connectivity index (χ0v) is 11.2. The second-order valence-corrected chi connectivity index (χ2v) is 5.89. The van der Waals surface area contributed by atoms with Crippen molar-refractivity contribution in [1.29, 1.82) is 0 Å². The van der Waals surface area contributed by atoms with Gasteiger partial charge in [0.05, 0.1) is 5.69 Å². The number of thiazole rings is 1. The molecule has 0 fully saturated rings. The largest absolute Gasteiger partial charge is 0.241 e. The minimum Gasteiger partial charge on any atom is -0.241 e. The lowest BCUT2D eigenvalue weighted by molar-refractivity contribution is 1.22. The van der Waals surface area contributed by atoms with Crippen molar-refractivity contribution in [2.75, 3.05) is 5.75 Å². The Labute approximate surface area is 105 Å². The van der Waals surface area contributed by atoms with Gasteiger partial charge in [-0.1, -0.05) is 37.3 Å². The maximum atomic E-state index is 4.64. The van der Waals surface area contributed by atoms with Crippen LogP contribution in [0.4, 0.5) is 0 Å². The fourth-order valence-electron chi connectivity index (χ4n) is 1.46. The summed E-state index contributed by atoms with van der Waals surface area (Å²) in [5, 5.41) is 1.14. The summed E-state index contributed by atoms with van der Waals surface area (Å²) in [6.07, 6.45) is 0. The Morgan fingerprint density at radius 1 is 1.25 bits per heavy atom. The Hall–Kier alpha value is -0.800. The molecule has 1 aromatic carbocycles. The topological polar surface area (TPSA) is 12.9 Å². The molecular formula is C13H15NS2. The fourth-order valence-corrected chi connectivity index (χ4v) is 3.41.